The van der Waals surface area contributed by atoms with Gasteiger partial charge in [0.15, 0.2) is 0 Å². The van der Waals surface area contributed by atoms with E-state index in [1.807, 2.05) is 36.1 Å². The van der Waals surface area contributed by atoms with Gasteiger partial charge >= 0.3 is 0 Å². The first-order chi connectivity index (χ1) is 14.0. The molecule has 1 atom stereocenters. The number of carbonyl (C=O) groups is 1. The fourth-order valence-corrected chi connectivity index (χ4v) is 4.36. The van der Waals surface area contributed by atoms with Crippen LogP contribution in [0.15, 0.2) is 47.4 Å². The summed E-state index contributed by atoms with van der Waals surface area (Å²) in [6.45, 7) is 5.41. The fraction of sp³-hybridized carbons (Fsp3) is 0.409. The van der Waals surface area contributed by atoms with Gasteiger partial charge in [0.25, 0.3) is 0 Å². The molecule has 1 fully saturated rings. The Morgan fingerprint density at radius 2 is 1.76 bits per heavy atom. The minimum absolute atomic E-state index is 0.147. The highest BCUT2D eigenvalue weighted by Crippen LogP contribution is 2.27. The molecule has 0 aliphatic carbocycles. The van der Waals surface area contributed by atoms with Crippen molar-refractivity contribution in [2.45, 2.75) is 23.6 Å². The third-order valence-corrected chi connectivity index (χ3v) is 6.14. The second-order valence-corrected chi connectivity index (χ2v) is 8.41. The Hall–Kier alpha value is -2.25. The summed E-state index contributed by atoms with van der Waals surface area (Å²) in [7, 11) is 3.23. The lowest BCUT2D eigenvalue weighted by molar-refractivity contribution is -0.132. The molecule has 1 aliphatic heterocycles. The summed E-state index contributed by atoms with van der Waals surface area (Å²) in [5.74, 6) is 1.38. The van der Waals surface area contributed by atoms with E-state index in [1.54, 1.807) is 32.0 Å². The number of methoxy groups -OCH3 is 2. The van der Waals surface area contributed by atoms with Crippen LogP contribution in [0.25, 0.3) is 0 Å². The molecule has 2 aromatic carbocycles. The van der Waals surface area contributed by atoms with Crippen molar-refractivity contribution in [3.63, 3.8) is 0 Å². The highest BCUT2D eigenvalue weighted by atomic mass is 32.2. The van der Waals surface area contributed by atoms with Gasteiger partial charge in [-0.2, -0.15) is 0 Å². The molecule has 1 heterocycles. The van der Waals surface area contributed by atoms with Crippen molar-refractivity contribution in [1.82, 2.24) is 9.80 Å². The molecular weight excluding hydrogens is 391 g/mol. The van der Waals surface area contributed by atoms with Crippen LogP contribution in [-0.4, -0.2) is 61.4 Å². The summed E-state index contributed by atoms with van der Waals surface area (Å²) in [5.41, 5.74) is 0.829. The lowest BCUT2D eigenvalue weighted by atomic mass is 10.1. The summed E-state index contributed by atoms with van der Waals surface area (Å²) in [6, 6.07) is 12.3. The number of piperazine rings is 1. The lowest BCUT2D eigenvalue weighted by Crippen LogP contribution is -2.50. The topological polar surface area (TPSA) is 42.0 Å². The van der Waals surface area contributed by atoms with Gasteiger partial charge in [-0.15, -0.1) is 11.8 Å². The molecule has 0 spiro atoms. The summed E-state index contributed by atoms with van der Waals surface area (Å²) >= 11 is 1.56. The van der Waals surface area contributed by atoms with Gasteiger partial charge in [-0.25, -0.2) is 4.39 Å². The minimum atomic E-state index is -0.265. The van der Waals surface area contributed by atoms with Crippen LogP contribution in [0.5, 0.6) is 11.5 Å². The lowest BCUT2D eigenvalue weighted by Gasteiger charge is -2.36. The first-order valence-electron chi connectivity index (χ1n) is 9.64. The van der Waals surface area contributed by atoms with Gasteiger partial charge in [-0.05, 0) is 49.4 Å². The van der Waals surface area contributed by atoms with Crippen LogP contribution in [0.1, 0.15) is 12.5 Å². The molecule has 1 unspecified atom stereocenters. The molecule has 0 radical (unpaired) electrons. The maximum absolute atomic E-state index is 13.6. The molecule has 2 aromatic rings. The van der Waals surface area contributed by atoms with Gasteiger partial charge in [0.05, 0.1) is 19.5 Å². The standard InChI is InChI=1S/C22H27FN2O3S/c1-16(29-20-7-5-19(27-2)6-8-20)22(26)25-12-10-24(11-13-25)15-17-14-18(23)4-9-21(17)28-3/h4-9,14,16H,10-13,15H2,1-3H3. The van der Waals surface area contributed by atoms with Crippen molar-refractivity contribution >= 4 is 17.7 Å². The SMILES string of the molecule is COc1ccc(SC(C)C(=O)N2CCN(Cc3cc(F)ccc3OC)CC2)cc1. The van der Waals surface area contributed by atoms with E-state index in [9.17, 15) is 9.18 Å². The summed E-state index contributed by atoms with van der Waals surface area (Å²) in [5, 5.41) is -0.154. The van der Waals surface area contributed by atoms with Gasteiger partial charge in [-0.3, -0.25) is 9.69 Å². The van der Waals surface area contributed by atoms with E-state index in [4.69, 9.17) is 9.47 Å². The second-order valence-electron chi connectivity index (χ2n) is 6.99. The normalized spacial score (nSPS) is 15.8. The van der Waals surface area contributed by atoms with Gasteiger partial charge in [0.1, 0.15) is 17.3 Å². The molecule has 0 aromatic heterocycles. The Morgan fingerprint density at radius 3 is 2.38 bits per heavy atom. The summed E-state index contributed by atoms with van der Waals surface area (Å²) < 4.78 is 24.1. The van der Waals surface area contributed by atoms with Crippen molar-refractivity contribution in [1.29, 1.82) is 0 Å². The Kier molecular flexibility index (Phi) is 7.39. The zero-order valence-corrected chi connectivity index (χ0v) is 17.9. The molecule has 5 nitrogen and oxygen atoms in total. The Labute approximate surface area is 175 Å². The number of rotatable bonds is 7. The number of amides is 1. The number of nitrogens with zero attached hydrogens (tertiary/aromatic N) is 2. The molecule has 3 rings (SSSR count). The molecule has 29 heavy (non-hydrogen) atoms. The molecule has 1 saturated heterocycles. The third-order valence-electron chi connectivity index (χ3n) is 5.04. The van der Waals surface area contributed by atoms with E-state index in [0.29, 0.717) is 25.4 Å². The van der Waals surface area contributed by atoms with E-state index in [2.05, 4.69) is 4.90 Å². The van der Waals surface area contributed by atoms with Crippen LogP contribution in [0, 0.1) is 5.82 Å². The highest BCUT2D eigenvalue weighted by molar-refractivity contribution is 8.00. The second kappa shape index (κ2) is 9.98. The van der Waals surface area contributed by atoms with Crippen molar-refractivity contribution < 1.29 is 18.7 Å². The van der Waals surface area contributed by atoms with Crippen LogP contribution in [0.2, 0.25) is 0 Å². The third kappa shape index (κ3) is 5.64. The van der Waals surface area contributed by atoms with Crippen LogP contribution >= 0.6 is 11.8 Å². The first kappa shape index (κ1) is 21.5. The van der Waals surface area contributed by atoms with Gasteiger partial charge in [0, 0.05) is 43.2 Å². The number of hydrogen-bond acceptors (Lipinski definition) is 5. The quantitative estimate of drug-likeness (QED) is 0.642. The maximum Gasteiger partial charge on any atom is 0.235 e. The molecule has 1 aliphatic rings. The Balaban J connectivity index is 1.51. The van der Waals surface area contributed by atoms with Gasteiger partial charge < -0.3 is 14.4 Å². The van der Waals surface area contributed by atoms with Crippen LogP contribution in [0.3, 0.4) is 0 Å². The minimum Gasteiger partial charge on any atom is -0.497 e. The highest BCUT2D eigenvalue weighted by Gasteiger charge is 2.26. The summed E-state index contributed by atoms with van der Waals surface area (Å²) in [6.07, 6.45) is 0. The van der Waals surface area contributed by atoms with E-state index < -0.39 is 0 Å². The first-order valence-corrected chi connectivity index (χ1v) is 10.5. The van der Waals surface area contributed by atoms with Crippen LogP contribution < -0.4 is 9.47 Å². The van der Waals surface area contributed by atoms with E-state index in [0.717, 1.165) is 29.3 Å². The van der Waals surface area contributed by atoms with Crippen LogP contribution in [0.4, 0.5) is 4.39 Å². The smallest absolute Gasteiger partial charge is 0.235 e. The zero-order chi connectivity index (χ0) is 20.8. The summed E-state index contributed by atoms with van der Waals surface area (Å²) in [4.78, 5) is 18.0. The predicted molar refractivity (Wildman–Crippen MR) is 113 cm³/mol. The van der Waals surface area contributed by atoms with Crippen molar-refractivity contribution in [3.05, 3.63) is 53.8 Å². The number of carbonyl (C=O) groups excluding carboxylic acids is 1. The largest absolute Gasteiger partial charge is 0.497 e. The fourth-order valence-electron chi connectivity index (χ4n) is 3.40. The molecular formula is C22H27FN2O3S. The molecule has 156 valence electrons. The van der Waals surface area contributed by atoms with E-state index >= 15 is 0 Å². The van der Waals surface area contributed by atoms with E-state index in [1.165, 1.54) is 12.1 Å². The van der Waals surface area contributed by atoms with Crippen LogP contribution in [-0.2, 0) is 11.3 Å². The number of thioether (sulfide) groups is 1. The number of halogens is 1. The number of hydrogen-bond donors (Lipinski definition) is 0. The Morgan fingerprint density at radius 1 is 1.07 bits per heavy atom. The van der Waals surface area contributed by atoms with Crippen molar-refractivity contribution in [2.24, 2.45) is 0 Å². The van der Waals surface area contributed by atoms with Crippen molar-refractivity contribution in [3.8, 4) is 11.5 Å². The molecule has 0 bridgehead atoms. The van der Waals surface area contributed by atoms with Gasteiger partial charge in [-0.1, -0.05) is 0 Å². The molecule has 7 heteroatoms. The predicted octanol–water partition coefficient (Wildman–Crippen LogP) is 3.67. The number of ether oxygens (including phenoxy) is 2. The zero-order valence-electron chi connectivity index (χ0n) is 17.1. The molecule has 0 N–H and O–H groups in total. The molecule has 1 amide bonds. The van der Waals surface area contributed by atoms with Crippen molar-refractivity contribution in [2.75, 3.05) is 40.4 Å². The monoisotopic (exact) mass is 418 g/mol. The molecule has 0 saturated carbocycles. The maximum atomic E-state index is 13.6. The van der Waals surface area contributed by atoms with E-state index in [-0.39, 0.29) is 17.0 Å². The average Bonchev–Trinajstić information content (AvgIpc) is 2.74. The average molecular weight is 419 g/mol. The number of benzene rings is 2. The van der Waals surface area contributed by atoms with Gasteiger partial charge in [0.2, 0.25) is 5.91 Å². The Bertz CT molecular complexity index is 823.